The Morgan fingerprint density at radius 1 is 1.36 bits per heavy atom. The quantitative estimate of drug-likeness (QED) is 0.422. The van der Waals surface area contributed by atoms with Crippen molar-refractivity contribution in [2.75, 3.05) is 11.9 Å². The molecule has 1 amide bonds. The predicted octanol–water partition coefficient (Wildman–Crippen LogP) is -0.840. The fourth-order valence-electron chi connectivity index (χ4n) is 1.42. The molecule has 1 aromatic carbocycles. The molecule has 0 radical (unpaired) electrons. The summed E-state index contributed by atoms with van der Waals surface area (Å²) in [6.45, 7) is -0.309. The first-order valence-electron chi connectivity index (χ1n) is 6.05. The molecule has 0 unspecified atom stereocenters. The van der Waals surface area contributed by atoms with Crippen LogP contribution >= 0.6 is 0 Å². The van der Waals surface area contributed by atoms with Gasteiger partial charge in [-0.05, 0) is 6.07 Å². The van der Waals surface area contributed by atoms with Crippen LogP contribution in [0.15, 0.2) is 39.0 Å². The van der Waals surface area contributed by atoms with Crippen molar-refractivity contribution >= 4 is 17.9 Å². The van der Waals surface area contributed by atoms with Crippen LogP contribution in [0.2, 0.25) is 0 Å². The van der Waals surface area contributed by atoms with E-state index in [9.17, 15) is 18.8 Å². The minimum Gasteiger partial charge on any atom is -0.355 e. The largest absolute Gasteiger partial charge is 0.355 e. The summed E-state index contributed by atoms with van der Waals surface area (Å²) in [5, 5.41) is 11.4. The van der Waals surface area contributed by atoms with Gasteiger partial charge in [0, 0.05) is 5.56 Å². The van der Waals surface area contributed by atoms with E-state index in [0.717, 1.165) is 6.21 Å². The molecule has 0 fully saturated rings. The number of hydrazone groups is 1. The number of rotatable bonds is 5. The van der Waals surface area contributed by atoms with Crippen LogP contribution in [-0.4, -0.2) is 33.8 Å². The normalized spacial score (nSPS) is 10.6. The number of carbonyl (C=O) groups excluding carboxylic acids is 1. The van der Waals surface area contributed by atoms with Crippen LogP contribution in [0.25, 0.3) is 0 Å². The molecule has 0 aliphatic rings. The summed E-state index contributed by atoms with van der Waals surface area (Å²) in [5.74, 6) is -1.27. The third-order valence-electron chi connectivity index (χ3n) is 2.43. The highest BCUT2D eigenvalue weighted by Crippen LogP contribution is 2.02. The van der Waals surface area contributed by atoms with E-state index in [-0.39, 0.29) is 17.9 Å². The van der Waals surface area contributed by atoms with E-state index >= 15 is 0 Å². The molecule has 0 saturated heterocycles. The zero-order chi connectivity index (χ0) is 15.9. The van der Waals surface area contributed by atoms with Gasteiger partial charge >= 0.3 is 5.69 Å². The molecule has 0 saturated carbocycles. The number of benzene rings is 1. The number of aromatic nitrogens is 3. The van der Waals surface area contributed by atoms with Gasteiger partial charge in [0.2, 0.25) is 5.82 Å². The molecule has 114 valence electrons. The number of hydrogen-bond donors (Lipinski definition) is 4. The fraction of sp³-hybridized carbons (Fsp3) is 0.0833. The van der Waals surface area contributed by atoms with Gasteiger partial charge in [0.25, 0.3) is 11.5 Å². The Balaban J connectivity index is 1.87. The Kier molecular flexibility index (Phi) is 4.75. The number of nitrogens with one attached hydrogen (secondary N) is 4. The molecule has 0 aliphatic heterocycles. The fourth-order valence-corrected chi connectivity index (χ4v) is 1.42. The number of anilines is 1. The Morgan fingerprint density at radius 3 is 2.86 bits per heavy atom. The van der Waals surface area contributed by atoms with Crippen molar-refractivity contribution in [2.24, 2.45) is 5.10 Å². The summed E-state index contributed by atoms with van der Waals surface area (Å²) in [7, 11) is 0. The first-order chi connectivity index (χ1) is 10.6. The zero-order valence-corrected chi connectivity index (χ0v) is 11.1. The van der Waals surface area contributed by atoms with Crippen molar-refractivity contribution in [3.63, 3.8) is 0 Å². The second-order valence-electron chi connectivity index (χ2n) is 4.02. The molecule has 0 aliphatic carbocycles. The zero-order valence-electron chi connectivity index (χ0n) is 11.1. The maximum Gasteiger partial charge on any atom is 0.342 e. The van der Waals surface area contributed by atoms with Crippen molar-refractivity contribution in [1.82, 2.24) is 20.6 Å². The van der Waals surface area contributed by atoms with Gasteiger partial charge in [0.05, 0.1) is 12.8 Å². The number of amides is 1. The molecule has 9 nitrogen and oxygen atoms in total. The summed E-state index contributed by atoms with van der Waals surface area (Å²) in [6.07, 6.45) is 1.15. The van der Waals surface area contributed by atoms with E-state index in [0.29, 0.717) is 0 Å². The first kappa shape index (κ1) is 15.1. The monoisotopic (exact) mass is 306 g/mol. The van der Waals surface area contributed by atoms with Crippen LogP contribution < -0.4 is 22.0 Å². The van der Waals surface area contributed by atoms with Crippen LogP contribution in [0, 0.1) is 5.82 Å². The predicted molar refractivity (Wildman–Crippen MR) is 76.1 cm³/mol. The van der Waals surface area contributed by atoms with Crippen LogP contribution in [0.5, 0.6) is 0 Å². The maximum atomic E-state index is 13.3. The molecule has 10 heteroatoms. The Morgan fingerprint density at radius 2 is 2.14 bits per heavy atom. The van der Waals surface area contributed by atoms with E-state index < -0.39 is 23.0 Å². The molecule has 0 spiro atoms. The lowest BCUT2D eigenvalue weighted by molar-refractivity contribution is -0.119. The van der Waals surface area contributed by atoms with Crippen molar-refractivity contribution in [2.45, 2.75) is 0 Å². The third kappa shape index (κ3) is 4.10. The van der Waals surface area contributed by atoms with E-state index in [4.69, 9.17) is 0 Å². The van der Waals surface area contributed by atoms with E-state index in [1.54, 1.807) is 6.07 Å². The lowest BCUT2D eigenvalue weighted by Crippen LogP contribution is -2.31. The molecule has 2 aromatic rings. The minimum atomic E-state index is -0.758. The number of halogens is 1. The summed E-state index contributed by atoms with van der Waals surface area (Å²) in [6, 6.07) is 5.91. The molecule has 22 heavy (non-hydrogen) atoms. The standard InChI is InChI=1S/C12H11FN6O3/c13-8-4-2-1-3-7(8)5-15-17-9(20)6-14-10-11(21)16-12(22)19-18-10/h1-5H,6H2,(H,14,18)(H,17,20)(H2,16,19,21,22). The second kappa shape index (κ2) is 6.92. The topological polar surface area (TPSA) is 132 Å². The number of nitrogens with zero attached hydrogens (tertiary/aromatic N) is 2. The van der Waals surface area contributed by atoms with Gasteiger partial charge in [-0.25, -0.2) is 19.7 Å². The molecular formula is C12H11FN6O3. The van der Waals surface area contributed by atoms with Gasteiger partial charge < -0.3 is 5.32 Å². The van der Waals surface area contributed by atoms with E-state index in [1.165, 1.54) is 18.2 Å². The molecule has 1 aromatic heterocycles. The lowest BCUT2D eigenvalue weighted by Gasteiger charge is -2.02. The average molecular weight is 306 g/mol. The Labute approximate surface area is 122 Å². The molecule has 4 N–H and O–H groups in total. The van der Waals surface area contributed by atoms with Crippen LogP contribution in [-0.2, 0) is 4.79 Å². The smallest absolute Gasteiger partial charge is 0.342 e. The van der Waals surface area contributed by atoms with E-state index in [2.05, 4.69) is 20.9 Å². The van der Waals surface area contributed by atoms with Crippen molar-refractivity contribution in [3.05, 3.63) is 56.5 Å². The highest BCUT2D eigenvalue weighted by atomic mass is 19.1. The van der Waals surface area contributed by atoms with Crippen LogP contribution in [0.4, 0.5) is 10.2 Å². The highest BCUT2D eigenvalue weighted by Gasteiger charge is 2.04. The van der Waals surface area contributed by atoms with Crippen molar-refractivity contribution in [1.29, 1.82) is 0 Å². The number of carbonyl (C=O) groups is 1. The summed E-state index contributed by atoms with van der Waals surface area (Å²) >= 11 is 0. The summed E-state index contributed by atoms with van der Waals surface area (Å²) in [5.41, 5.74) is 0.853. The SMILES string of the molecule is O=C(CNc1n[nH]c(=O)[nH]c1=O)NN=Cc1ccccc1F. The van der Waals surface area contributed by atoms with Crippen molar-refractivity contribution < 1.29 is 9.18 Å². The molecule has 2 rings (SSSR count). The highest BCUT2D eigenvalue weighted by molar-refractivity contribution is 5.84. The third-order valence-corrected chi connectivity index (χ3v) is 2.43. The summed E-state index contributed by atoms with van der Waals surface area (Å²) < 4.78 is 13.3. The molecule has 0 atom stereocenters. The molecule has 1 heterocycles. The average Bonchev–Trinajstić information content (AvgIpc) is 2.48. The number of H-pyrrole nitrogens is 2. The van der Waals surface area contributed by atoms with Gasteiger partial charge in [-0.3, -0.25) is 14.6 Å². The molecular weight excluding hydrogens is 295 g/mol. The van der Waals surface area contributed by atoms with Crippen molar-refractivity contribution in [3.8, 4) is 0 Å². The van der Waals surface area contributed by atoms with E-state index in [1.807, 2.05) is 10.1 Å². The number of hydrogen-bond acceptors (Lipinski definition) is 6. The minimum absolute atomic E-state index is 0.215. The maximum absolute atomic E-state index is 13.3. The van der Waals surface area contributed by atoms with Gasteiger partial charge in [-0.1, -0.05) is 18.2 Å². The Bertz CT molecular complexity index is 813. The van der Waals surface area contributed by atoms with Gasteiger partial charge in [0.15, 0.2) is 0 Å². The van der Waals surface area contributed by atoms with Gasteiger partial charge in [-0.2, -0.15) is 5.10 Å². The second-order valence-corrected chi connectivity index (χ2v) is 4.02. The molecule has 0 bridgehead atoms. The van der Waals surface area contributed by atoms with Gasteiger partial charge in [0.1, 0.15) is 5.82 Å². The van der Waals surface area contributed by atoms with Gasteiger partial charge in [-0.15, -0.1) is 5.10 Å². The van der Waals surface area contributed by atoms with Crippen LogP contribution in [0.1, 0.15) is 5.56 Å². The Hall–Kier alpha value is -3.30. The lowest BCUT2D eigenvalue weighted by atomic mass is 10.2. The first-order valence-corrected chi connectivity index (χ1v) is 6.05. The summed E-state index contributed by atoms with van der Waals surface area (Å²) in [4.78, 5) is 35.5. The number of aromatic amines is 2. The van der Waals surface area contributed by atoms with Crippen LogP contribution in [0.3, 0.4) is 0 Å².